The molecule has 1 heterocycles. The molecule has 0 aliphatic carbocycles. The fourth-order valence-corrected chi connectivity index (χ4v) is 6.13. The number of ether oxygens (including phenoxy) is 1. The number of nitrogens with two attached hydrogens (primary N) is 1. The molecule has 7 nitrogen and oxygen atoms in total. The molecule has 2 amide bonds. The summed E-state index contributed by atoms with van der Waals surface area (Å²) >= 11 is 0. The number of benzene rings is 3. The fraction of sp³-hybridized carbons (Fsp3) is 0.417. The van der Waals surface area contributed by atoms with Crippen LogP contribution in [-0.2, 0) is 24.7 Å². The molecule has 0 unspecified atom stereocenters. The summed E-state index contributed by atoms with van der Waals surface area (Å²) in [7, 11) is 1.64. The third-order valence-electron chi connectivity index (χ3n) is 8.79. The van der Waals surface area contributed by atoms with E-state index in [1.54, 1.807) is 11.9 Å². The largest absolute Gasteiger partial charge is 0.443 e. The Hall–Kier alpha value is -3.97. The highest BCUT2D eigenvalue weighted by Gasteiger charge is 2.46. The van der Waals surface area contributed by atoms with Gasteiger partial charge in [-0.25, -0.2) is 4.79 Å². The number of likely N-dealkylation sites (N-methyl/N-ethyl adjacent to an activating group) is 1. The lowest BCUT2D eigenvalue weighted by molar-refractivity contribution is -0.164. The second-order valence-corrected chi connectivity index (χ2v) is 11.9. The number of nitrogens with zero attached hydrogens (tertiary/aromatic N) is 2. The Balaban J connectivity index is 1.71. The van der Waals surface area contributed by atoms with Crippen molar-refractivity contribution in [2.24, 2.45) is 17.6 Å². The first-order valence-corrected chi connectivity index (χ1v) is 15.4. The molecule has 0 bridgehead atoms. The molecule has 0 radical (unpaired) electrons. The number of likely N-dealkylation sites (tertiary alicyclic amines) is 1. The summed E-state index contributed by atoms with van der Waals surface area (Å²) in [5.41, 5.74) is 7.47. The van der Waals surface area contributed by atoms with Crippen molar-refractivity contribution < 1.29 is 19.1 Å². The van der Waals surface area contributed by atoms with Gasteiger partial charge in [0.15, 0.2) is 5.60 Å². The van der Waals surface area contributed by atoms with Crippen LogP contribution in [-0.4, -0.2) is 59.3 Å². The second kappa shape index (κ2) is 14.0. The van der Waals surface area contributed by atoms with Crippen LogP contribution < -0.4 is 5.73 Å². The number of carbonyl (C=O) groups excluding carboxylic acids is 3. The van der Waals surface area contributed by atoms with E-state index in [0.717, 1.165) is 23.1 Å². The van der Waals surface area contributed by atoms with E-state index < -0.39 is 29.7 Å². The van der Waals surface area contributed by atoms with E-state index in [0.29, 0.717) is 19.4 Å². The standard InChI is InChI=1S/C36H45N3O4/c1-6-26(4)31(37)33(40)38(5)32(25(2)3)34(41)39-24-16-23-30(39)35(42)43-36(27-17-10-7-11-18-27,28-19-12-8-13-20-28)29-21-14-9-15-22-29/h7-15,17-22,25-26,30-32H,6,16,23-24,37H2,1-5H3/t26-,30-,31-,32-/m0/s1. The van der Waals surface area contributed by atoms with Gasteiger partial charge in [0.25, 0.3) is 0 Å². The van der Waals surface area contributed by atoms with Crippen molar-refractivity contribution in [3.05, 3.63) is 108 Å². The van der Waals surface area contributed by atoms with Crippen molar-refractivity contribution in [1.29, 1.82) is 0 Å². The fourth-order valence-electron chi connectivity index (χ4n) is 6.13. The minimum atomic E-state index is -1.23. The predicted molar refractivity (Wildman–Crippen MR) is 169 cm³/mol. The molecular weight excluding hydrogens is 538 g/mol. The lowest BCUT2D eigenvalue weighted by Gasteiger charge is -2.39. The molecule has 4 rings (SSSR count). The summed E-state index contributed by atoms with van der Waals surface area (Å²) in [5.74, 6) is -1.20. The maximum absolute atomic E-state index is 14.3. The Bertz CT molecular complexity index is 1270. The third kappa shape index (κ3) is 6.52. The molecule has 3 aromatic carbocycles. The second-order valence-electron chi connectivity index (χ2n) is 11.9. The normalized spacial score (nSPS) is 17.3. The van der Waals surface area contributed by atoms with E-state index in [9.17, 15) is 14.4 Å². The average Bonchev–Trinajstić information content (AvgIpc) is 3.54. The number of amides is 2. The molecule has 1 aliphatic rings. The Kier molecular flexibility index (Phi) is 10.4. The Morgan fingerprint density at radius 3 is 1.77 bits per heavy atom. The van der Waals surface area contributed by atoms with E-state index in [4.69, 9.17) is 10.5 Å². The minimum Gasteiger partial charge on any atom is -0.443 e. The number of esters is 1. The maximum atomic E-state index is 14.3. The molecule has 7 heteroatoms. The van der Waals surface area contributed by atoms with E-state index in [2.05, 4.69) is 0 Å². The predicted octanol–water partition coefficient (Wildman–Crippen LogP) is 5.37. The monoisotopic (exact) mass is 583 g/mol. The molecule has 0 spiro atoms. The van der Waals surface area contributed by atoms with Crippen molar-refractivity contribution in [3.63, 3.8) is 0 Å². The zero-order chi connectivity index (χ0) is 31.1. The summed E-state index contributed by atoms with van der Waals surface area (Å²) in [5, 5.41) is 0. The molecule has 0 aromatic heterocycles. The highest BCUT2D eigenvalue weighted by molar-refractivity contribution is 5.92. The lowest BCUT2D eigenvalue weighted by Crippen LogP contribution is -2.58. The van der Waals surface area contributed by atoms with Crippen molar-refractivity contribution in [2.75, 3.05) is 13.6 Å². The van der Waals surface area contributed by atoms with Gasteiger partial charge in [0.1, 0.15) is 12.1 Å². The summed E-state index contributed by atoms with van der Waals surface area (Å²) < 4.78 is 6.66. The summed E-state index contributed by atoms with van der Waals surface area (Å²) in [6.07, 6.45) is 1.90. The SMILES string of the molecule is CC[C@H](C)[C@H](N)C(=O)N(C)[C@H](C(=O)N1CCC[C@H]1C(=O)OC(c1ccccc1)(c1ccccc1)c1ccccc1)C(C)C. The van der Waals surface area contributed by atoms with Crippen LogP contribution in [0.4, 0.5) is 0 Å². The molecular formula is C36H45N3O4. The molecule has 4 atom stereocenters. The molecule has 2 N–H and O–H groups in total. The molecule has 1 fully saturated rings. The first kappa shape index (κ1) is 32.0. The van der Waals surface area contributed by atoms with Gasteiger partial charge in [-0.2, -0.15) is 0 Å². The smallest absolute Gasteiger partial charge is 0.330 e. The Labute approximate surface area is 256 Å². The van der Waals surface area contributed by atoms with Crippen molar-refractivity contribution in [1.82, 2.24) is 9.80 Å². The van der Waals surface area contributed by atoms with Crippen LogP contribution in [0.25, 0.3) is 0 Å². The van der Waals surface area contributed by atoms with Gasteiger partial charge in [-0.1, -0.05) is 125 Å². The van der Waals surface area contributed by atoms with Gasteiger partial charge in [-0.05, 0) is 24.7 Å². The average molecular weight is 584 g/mol. The van der Waals surface area contributed by atoms with Crippen LogP contribution in [0.5, 0.6) is 0 Å². The van der Waals surface area contributed by atoms with Gasteiger partial charge >= 0.3 is 5.97 Å². The van der Waals surface area contributed by atoms with Crippen LogP contribution in [0, 0.1) is 11.8 Å². The van der Waals surface area contributed by atoms with Gasteiger partial charge in [0.2, 0.25) is 11.8 Å². The maximum Gasteiger partial charge on any atom is 0.330 e. The topological polar surface area (TPSA) is 92.9 Å². The zero-order valence-corrected chi connectivity index (χ0v) is 26.0. The summed E-state index contributed by atoms with van der Waals surface area (Å²) in [4.78, 5) is 44.9. The number of carbonyl (C=O) groups is 3. The van der Waals surface area contributed by atoms with E-state index in [-0.39, 0.29) is 23.7 Å². The van der Waals surface area contributed by atoms with Crippen LogP contribution in [0.15, 0.2) is 91.0 Å². The molecule has 0 saturated carbocycles. The van der Waals surface area contributed by atoms with Crippen molar-refractivity contribution >= 4 is 17.8 Å². The van der Waals surface area contributed by atoms with Crippen LogP contribution in [0.3, 0.4) is 0 Å². The van der Waals surface area contributed by atoms with E-state index in [1.807, 2.05) is 119 Å². The first-order chi connectivity index (χ1) is 20.6. The Morgan fingerprint density at radius 2 is 1.35 bits per heavy atom. The molecule has 43 heavy (non-hydrogen) atoms. The van der Waals surface area contributed by atoms with Gasteiger partial charge in [0, 0.05) is 30.3 Å². The van der Waals surface area contributed by atoms with Gasteiger partial charge in [0.05, 0.1) is 6.04 Å². The number of rotatable bonds is 11. The molecule has 1 saturated heterocycles. The van der Waals surface area contributed by atoms with Crippen molar-refractivity contribution in [3.8, 4) is 0 Å². The van der Waals surface area contributed by atoms with Crippen LogP contribution in [0.1, 0.15) is 63.6 Å². The highest BCUT2D eigenvalue weighted by Crippen LogP contribution is 2.41. The van der Waals surface area contributed by atoms with Crippen LogP contribution in [0.2, 0.25) is 0 Å². The van der Waals surface area contributed by atoms with Crippen molar-refractivity contribution in [2.45, 2.75) is 70.7 Å². The van der Waals surface area contributed by atoms with E-state index in [1.165, 1.54) is 4.90 Å². The zero-order valence-electron chi connectivity index (χ0n) is 26.0. The van der Waals surface area contributed by atoms with E-state index >= 15 is 0 Å². The Morgan fingerprint density at radius 1 is 0.884 bits per heavy atom. The number of hydrogen-bond acceptors (Lipinski definition) is 5. The summed E-state index contributed by atoms with van der Waals surface area (Å²) in [6.45, 7) is 8.17. The summed E-state index contributed by atoms with van der Waals surface area (Å²) in [6, 6.07) is 26.9. The van der Waals surface area contributed by atoms with Crippen LogP contribution >= 0.6 is 0 Å². The highest BCUT2D eigenvalue weighted by atomic mass is 16.6. The molecule has 1 aliphatic heterocycles. The van der Waals surface area contributed by atoms with Gasteiger partial charge in [-0.3, -0.25) is 9.59 Å². The third-order valence-corrected chi connectivity index (χ3v) is 8.79. The molecule has 228 valence electrons. The lowest BCUT2D eigenvalue weighted by atomic mass is 9.80. The minimum absolute atomic E-state index is 0.0190. The number of hydrogen-bond donors (Lipinski definition) is 1. The van der Waals surface area contributed by atoms with Gasteiger partial charge < -0.3 is 20.3 Å². The first-order valence-electron chi connectivity index (χ1n) is 15.4. The quantitative estimate of drug-likeness (QED) is 0.242. The van der Waals surface area contributed by atoms with Gasteiger partial charge in [-0.15, -0.1) is 0 Å². The molecule has 3 aromatic rings.